The van der Waals surface area contributed by atoms with Gasteiger partial charge in [-0.2, -0.15) is 0 Å². The Hall–Kier alpha value is -2.87. The molecule has 9 heteroatoms. The fourth-order valence-electron chi connectivity index (χ4n) is 3.01. The molecule has 1 fully saturated rings. The highest BCUT2D eigenvalue weighted by molar-refractivity contribution is 8.05. The Labute approximate surface area is 192 Å². The Kier molecular flexibility index (Phi) is 6.00. The van der Waals surface area contributed by atoms with E-state index < -0.39 is 5.97 Å². The minimum atomic E-state index is -1.10. The van der Waals surface area contributed by atoms with Crippen LogP contribution in [-0.2, 0) is 4.79 Å². The first-order valence-corrected chi connectivity index (χ1v) is 10.8. The highest BCUT2D eigenvalue weighted by Crippen LogP contribution is 2.33. The largest absolute Gasteiger partial charge is 0.478 e. The summed E-state index contributed by atoms with van der Waals surface area (Å²) in [5.41, 5.74) is 2.17. The molecule has 0 spiro atoms. The number of carbonyl (C=O) groups excluding carboxylic acids is 1. The number of anilines is 1. The maximum absolute atomic E-state index is 12.4. The van der Waals surface area contributed by atoms with Crippen molar-refractivity contribution in [3.8, 4) is 11.3 Å². The van der Waals surface area contributed by atoms with Crippen LogP contribution in [0.4, 0.5) is 5.69 Å². The molecular formula is C22H16Cl2N2O4S. The third kappa shape index (κ3) is 4.74. The summed E-state index contributed by atoms with van der Waals surface area (Å²) in [5, 5.41) is 16.0. The molecule has 1 aromatic heterocycles. The lowest BCUT2D eigenvalue weighted by Crippen LogP contribution is -2.31. The zero-order valence-electron chi connectivity index (χ0n) is 16.1. The standard InChI is InChI=1S/C22H16Cl2N2O4S/c1-11-2-4-13(23)9-17(11)25-22-26-20(27)19(31-22)10-14-5-7-18(30-14)12-3-6-15(21(28)29)16(24)8-12/h2-10,22,25H,1H3,(H,26,27)(H,28,29)/b19-10-. The lowest BCUT2D eigenvalue weighted by molar-refractivity contribution is -0.116. The van der Waals surface area contributed by atoms with E-state index in [0.29, 0.717) is 27.0 Å². The number of aromatic carboxylic acids is 1. The van der Waals surface area contributed by atoms with E-state index in [2.05, 4.69) is 10.6 Å². The van der Waals surface area contributed by atoms with Crippen molar-refractivity contribution in [1.82, 2.24) is 5.32 Å². The summed E-state index contributed by atoms with van der Waals surface area (Å²) < 4.78 is 5.81. The molecule has 1 aliphatic rings. The van der Waals surface area contributed by atoms with E-state index in [4.69, 9.17) is 32.7 Å². The summed E-state index contributed by atoms with van der Waals surface area (Å²) in [6.07, 6.45) is 1.66. The van der Waals surface area contributed by atoms with Crippen LogP contribution < -0.4 is 10.6 Å². The van der Waals surface area contributed by atoms with Crippen LogP contribution in [0.25, 0.3) is 17.4 Å². The number of thioether (sulfide) groups is 1. The summed E-state index contributed by atoms with van der Waals surface area (Å²) in [6.45, 7) is 1.95. The third-order valence-electron chi connectivity index (χ3n) is 4.60. The smallest absolute Gasteiger partial charge is 0.337 e. The topological polar surface area (TPSA) is 91.6 Å². The molecule has 1 unspecified atom stereocenters. The minimum absolute atomic E-state index is 0.0202. The fourth-order valence-corrected chi connectivity index (χ4v) is 4.40. The van der Waals surface area contributed by atoms with E-state index in [0.717, 1.165) is 11.3 Å². The van der Waals surface area contributed by atoms with Gasteiger partial charge in [0.1, 0.15) is 11.5 Å². The van der Waals surface area contributed by atoms with E-state index in [1.165, 1.54) is 23.9 Å². The summed E-state index contributed by atoms with van der Waals surface area (Å²) >= 11 is 13.4. The first-order chi connectivity index (χ1) is 14.8. The molecule has 1 aliphatic heterocycles. The summed E-state index contributed by atoms with van der Waals surface area (Å²) in [7, 11) is 0. The molecule has 0 radical (unpaired) electrons. The van der Waals surface area contributed by atoms with Crippen molar-refractivity contribution >= 4 is 58.6 Å². The van der Waals surface area contributed by atoms with E-state index in [1.54, 1.807) is 24.3 Å². The normalized spacial score (nSPS) is 17.1. The van der Waals surface area contributed by atoms with Gasteiger partial charge in [-0.1, -0.05) is 47.1 Å². The molecule has 3 aromatic rings. The molecule has 1 amide bonds. The van der Waals surface area contributed by atoms with Gasteiger partial charge in [0.2, 0.25) is 0 Å². The van der Waals surface area contributed by atoms with Gasteiger partial charge in [-0.05, 0) is 48.9 Å². The second kappa shape index (κ2) is 8.70. The van der Waals surface area contributed by atoms with Crippen LogP contribution in [-0.4, -0.2) is 22.5 Å². The SMILES string of the molecule is Cc1ccc(Cl)cc1NC1NC(=O)/C(=C/c2ccc(-c3ccc(C(=O)O)c(Cl)c3)o2)S1. The number of carboxylic acids is 1. The molecule has 1 atom stereocenters. The number of benzene rings is 2. The van der Waals surface area contributed by atoms with Gasteiger partial charge < -0.3 is 20.2 Å². The van der Waals surface area contributed by atoms with Crippen molar-refractivity contribution in [1.29, 1.82) is 0 Å². The molecule has 1 saturated heterocycles. The number of hydrogen-bond acceptors (Lipinski definition) is 5. The Bertz CT molecular complexity index is 1220. The average molecular weight is 475 g/mol. The van der Waals surface area contributed by atoms with Gasteiger partial charge in [-0.3, -0.25) is 4.79 Å². The lowest BCUT2D eigenvalue weighted by atomic mass is 10.1. The van der Waals surface area contributed by atoms with Crippen LogP contribution in [0, 0.1) is 6.92 Å². The molecule has 31 heavy (non-hydrogen) atoms. The molecule has 4 rings (SSSR count). The van der Waals surface area contributed by atoms with Crippen LogP contribution in [0.15, 0.2) is 57.9 Å². The number of nitrogens with one attached hydrogen (secondary N) is 2. The van der Waals surface area contributed by atoms with Crippen molar-refractivity contribution < 1.29 is 19.1 Å². The zero-order chi connectivity index (χ0) is 22.1. The second-order valence-electron chi connectivity index (χ2n) is 6.79. The molecule has 0 saturated carbocycles. The zero-order valence-corrected chi connectivity index (χ0v) is 18.4. The third-order valence-corrected chi connectivity index (χ3v) is 6.18. The van der Waals surface area contributed by atoms with Crippen LogP contribution in [0.5, 0.6) is 0 Å². The Balaban J connectivity index is 1.50. The number of aryl methyl sites for hydroxylation is 1. The van der Waals surface area contributed by atoms with E-state index in [9.17, 15) is 9.59 Å². The first kappa shape index (κ1) is 21.4. The van der Waals surface area contributed by atoms with Crippen LogP contribution in [0.2, 0.25) is 10.0 Å². The summed E-state index contributed by atoms with van der Waals surface area (Å²) in [5.74, 6) is -0.306. The van der Waals surface area contributed by atoms with Gasteiger partial charge >= 0.3 is 5.97 Å². The van der Waals surface area contributed by atoms with Crippen molar-refractivity contribution in [2.24, 2.45) is 0 Å². The molecular weight excluding hydrogens is 459 g/mol. The van der Waals surface area contributed by atoms with Gasteiger partial charge in [-0.25, -0.2) is 4.79 Å². The lowest BCUT2D eigenvalue weighted by Gasteiger charge is -2.15. The molecule has 6 nitrogen and oxygen atoms in total. The Morgan fingerprint density at radius 1 is 1.19 bits per heavy atom. The van der Waals surface area contributed by atoms with Crippen molar-refractivity contribution in [2.75, 3.05) is 5.32 Å². The number of hydrogen-bond donors (Lipinski definition) is 3. The Morgan fingerprint density at radius 3 is 2.74 bits per heavy atom. The molecule has 158 valence electrons. The van der Waals surface area contributed by atoms with Crippen LogP contribution in [0.1, 0.15) is 21.7 Å². The maximum atomic E-state index is 12.4. The molecule has 2 heterocycles. The minimum Gasteiger partial charge on any atom is -0.478 e. The van der Waals surface area contributed by atoms with Crippen molar-refractivity contribution in [2.45, 2.75) is 12.4 Å². The van der Waals surface area contributed by atoms with Gasteiger partial charge in [0.15, 0.2) is 5.50 Å². The van der Waals surface area contributed by atoms with Gasteiger partial charge in [0, 0.05) is 22.3 Å². The van der Waals surface area contributed by atoms with Gasteiger partial charge in [0.05, 0.1) is 15.5 Å². The highest BCUT2D eigenvalue weighted by Gasteiger charge is 2.28. The quantitative estimate of drug-likeness (QED) is 0.401. The highest BCUT2D eigenvalue weighted by atomic mass is 35.5. The monoisotopic (exact) mass is 474 g/mol. The Morgan fingerprint density at radius 2 is 2.00 bits per heavy atom. The fraction of sp³-hybridized carbons (Fsp3) is 0.0909. The van der Waals surface area contributed by atoms with Gasteiger partial charge in [0.25, 0.3) is 5.91 Å². The number of amides is 1. The summed E-state index contributed by atoms with van der Waals surface area (Å²) in [6, 6.07) is 13.6. The molecule has 0 bridgehead atoms. The second-order valence-corrected chi connectivity index (χ2v) is 8.78. The van der Waals surface area contributed by atoms with Gasteiger partial charge in [-0.15, -0.1) is 0 Å². The summed E-state index contributed by atoms with van der Waals surface area (Å²) in [4.78, 5) is 24.0. The van der Waals surface area contributed by atoms with E-state index >= 15 is 0 Å². The number of carboxylic acid groups (broad SMARTS) is 1. The van der Waals surface area contributed by atoms with Crippen LogP contribution in [0.3, 0.4) is 0 Å². The van der Waals surface area contributed by atoms with E-state index in [-0.39, 0.29) is 22.0 Å². The van der Waals surface area contributed by atoms with Crippen molar-refractivity contribution in [3.63, 3.8) is 0 Å². The van der Waals surface area contributed by atoms with Crippen molar-refractivity contribution in [3.05, 3.63) is 80.4 Å². The molecule has 3 N–H and O–H groups in total. The average Bonchev–Trinajstić information content (AvgIpc) is 3.31. The molecule has 2 aromatic carbocycles. The predicted molar refractivity (Wildman–Crippen MR) is 123 cm³/mol. The number of furan rings is 1. The molecule has 0 aliphatic carbocycles. The first-order valence-electron chi connectivity index (χ1n) is 9.15. The predicted octanol–water partition coefficient (Wildman–Crippen LogP) is 5.86. The number of carbonyl (C=O) groups is 2. The van der Waals surface area contributed by atoms with E-state index in [1.807, 2.05) is 25.1 Å². The number of rotatable bonds is 5. The van der Waals surface area contributed by atoms with Crippen LogP contribution >= 0.6 is 35.0 Å². The number of halogens is 2. The maximum Gasteiger partial charge on any atom is 0.337 e.